The summed E-state index contributed by atoms with van der Waals surface area (Å²) in [7, 11) is 1.80. The van der Waals surface area contributed by atoms with E-state index in [-0.39, 0.29) is 61.1 Å². The quantitative estimate of drug-likeness (QED) is 0.0355. The van der Waals surface area contributed by atoms with Gasteiger partial charge in [0.1, 0.15) is 41.4 Å². The Morgan fingerprint density at radius 1 is 0.528 bits per heavy atom. The molecule has 12 aromatic rings. The molecule has 0 radical (unpaired) electrons. The number of benzene rings is 3. The van der Waals surface area contributed by atoms with Crippen molar-refractivity contribution in [2.24, 2.45) is 5.73 Å². The molecule has 1 saturated carbocycles. The second-order valence-corrected chi connectivity index (χ2v) is 26.2. The van der Waals surface area contributed by atoms with Gasteiger partial charge in [-0.1, -0.05) is 106 Å². The maximum Gasteiger partial charge on any atom is 0.250 e. The van der Waals surface area contributed by atoms with E-state index in [9.17, 15) is 27.6 Å². The molecule has 3 atom stereocenters. The summed E-state index contributed by atoms with van der Waals surface area (Å²) in [5.74, 6) is 1.14. The molecule has 1 aliphatic carbocycles. The summed E-state index contributed by atoms with van der Waals surface area (Å²) in [5.41, 5.74) is 30.1. The third kappa shape index (κ3) is 17.7. The number of anilines is 2. The lowest BCUT2D eigenvalue weighted by Crippen LogP contribution is -2.25. The summed E-state index contributed by atoms with van der Waals surface area (Å²) < 4.78 is 62.9. The van der Waals surface area contributed by atoms with Crippen LogP contribution >= 0.6 is 0 Å². The van der Waals surface area contributed by atoms with E-state index in [1.165, 1.54) is 12.1 Å². The van der Waals surface area contributed by atoms with Gasteiger partial charge in [-0.25, -0.2) is 38.1 Å². The number of hydrogen-bond acceptors (Lipinski definition) is 20. The third-order valence-electron chi connectivity index (χ3n) is 19.2. The zero-order valence-corrected chi connectivity index (χ0v) is 60.6. The molecule has 1 fully saturated rings. The van der Waals surface area contributed by atoms with Gasteiger partial charge in [0.25, 0.3) is 16.7 Å². The predicted molar refractivity (Wildman–Crippen MR) is 410 cm³/mol. The summed E-state index contributed by atoms with van der Waals surface area (Å²) in [6.45, 7) is 14.8. The van der Waals surface area contributed by atoms with Gasteiger partial charge in [0.2, 0.25) is 0 Å². The van der Waals surface area contributed by atoms with Gasteiger partial charge in [0.05, 0.1) is 47.4 Å². The van der Waals surface area contributed by atoms with Gasteiger partial charge >= 0.3 is 0 Å². The van der Waals surface area contributed by atoms with E-state index >= 15 is 0 Å². The first-order chi connectivity index (χ1) is 51.3. The SMILES string of the molecule is CCC(CC)n1cc(-c2cnc(C)c(-c3cc(-c4cccc(C(N)CF)c4)no3)n2)ccc1=O.CCC(CC)n1cc(-c2cnc(N)c(-c3cc(-c4ccc(CNC)cc4F)no3)n2)ccc1=O.CCC(CC)n1cc(-c2cnc(N)c(-c3cc(-c4ccc(CN[C@@H]5CCC(F)C5)cc4)no3)n2)ccc1=O.[HH].[HH]. The largest absolute Gasteiger partial charge is 0.382 e. The smallest absolute Gasteiger partial charge is 0.250 e. The molecular weight excluding hydrogens is 1350 g/mol. The molecule has 8 N–H and O–H groups in total. The maximum absolute atomic E-state index is 14.6. The average molecular weight is 1440 g/mol. The standard InChI is InChI=1S/C29H33FN6O2.C26H28FN5O2.C25H27FN6O2.2H2/c1-3-23(4-2)36-17-20(9-12-27(36)37)25-16-33-29(31)28(34-25)26-14-24(35-38-26)19-7-5-18(6-8-19)15-32-22-11-10-21(30)13-22;1-4-20(5-2)32-15-19(9-10-25(32)33)23-14-29-16(3)26(30-23)24-12-22(31-34-24)18-8-6-7-17(11-18)21(28)13-27;1-4-17(5-2)32-14-16(7-9-23(32)33)21-13-29-25(27)24(30-21)22-11-20(31-34-22)18-8-6-15(12-28-3)10-19(18)26;;/h5-9,12,14,16-17,21-23,32H,3-4,10-11,13,15H2,1-2H3,(H2,31,33);6-12,14-15,20-21H,4-5,13,28H2,1-3H3;6-11,13-14,17,28H,4-5,12H2,1-3H3,(H2,27,29);2*1H/t21?,22-;;;;/m1..../s1. The molecule has 9 aromatic heterocycles. The fourth-order valence-electron chi connectivity index (χ4n) is 13.0. The minimum Gasteiger partial charge on any atom is -0.382 e. The third-order valence-corrected chi connectivity index (χ3v) is 19.2. The Balaban J connectivity index is 0.000000186. The maximum atomic E-state index is 14.6. The van der Waals surface area contributed by atoms with Crippen molar-refractivity contribution < 1.29 is 29.6 Å². The number of nitrogen functional groups attached to an aromatic ring is 2. The lowest BCUT2D eigenvalue weighted by molar-refractivity contribution is 0.333. The van der Waals surface area contributed by atoms with Crippen LogP contribution in [0.5, 0.6) is 0 Å². The Morgan fingerprint density at radius 3 is 1.45 bits per heavy atom. The summed E-state index contributed by atoms with van der Waals surface area (Å²) in [6, 6.07) is 35.2. The first-order valence-electron chi connectivity index (χ1n) is 35.8. The van der Waals surface area contributed by atoms with Crippen LogP contribution in [0.1, 0.15) is 149 Å². The average Bonchev–Trinajstić information content (AvgIpc) is 1.45. The van der Waals surface area contributed by atoms with Gasteiger partial charge in [-0.3, -0.25) is 19.4 Å². The summed E-state index contributed by atoms with van der Waals surface area (Å²) >= 11 is 0. The van der Waals surface area contributed by atoms with Crippen molar-refractivity contribution in [3.05, 3.63) is 218 Å². The fourth-order valence-corrected chi connectivity index (χ4v) is 13.0. The van der Waals surface area contributed by atoms with Crippen molar-refractivity contribution in [3.8, 4) is 102 Å². The highest BCUT2D eigenvalue weighted by atomic mass is 19.1. The highest BCUT2D eigenvalue weighted by Gasteiger charge is 2.25. The Hall–Kier alpha value is -11.4. The Labute approximate surface area is 614 Å². The Kier molecular flexibility index (Phi) is 25.0. The van der Waals surface area contributed by atoms with Crippen LogP contribution in [-0.2, 0) is 13.1 Å². The molecule has 554 valence electrons. The van der Waals surface area contributed by atoms with Gasteiger partial charge in [-0.05, 0) is 125 Å². The van der Waals surface area contributed by atoms with Crippen LogP contribution in [0.4, 0.5) is 24.8 Å². The molecule has 9 heterocycles. The van der Waals surface area contributed by atoms with Gasteiger partial charge in [0.15, 0.2) is 40.3 Å². The van der Waals surface area contributed by atoms with E-state index in [4.69, 9.17) is 40.7 Å². The topological polar surface area (TPSA) is 324 Å². The lowest BCUT2D eigenvalue weighted by atomic mass is 10.0. The van der Waals surface area contributed by atoms with E-state index in [1.54, 1.807) is 106 Å². The number of nitrogens with one attached hydrogen (secondary N) is 2. The zero-order valence-electron chi connectivity index (χ0n) is 60.6. The molecule has 13 rings (SSSR count). The van der Waals surface area contributed by atoms with Crippen LogP contribution in [0.25, 0.3) is 102 Å². The van der Waals surface area contributed by atoms with E-state index in [1.807, 2.05) is 81.7 Å². The van der Waals surface area contributed by atoms with Gasteiger partial charge in [-0.2, -0.15) is 0 Å². The molecule has 1 aliphatic rings. The molecule has 0 aliphatic heterocycles. The van der Waals surface area contributed by atoms with Gasteiger partial charge in [-0.15, -0.1) is 0 Å². The molecule has 0 spiro atoms. The summed E-state index contributed by atoms with van der Waals surface area (Å²) in [6.07, 6.45) is 16.9. The van der Waals surface area contributed by atoms with Gasteiger partial charge in [0, 0.05) is 128 Å². The van der Waals surface area contributed by atoms with Crippen LogP contribution in [0, 0.1) is 12.7 Å². The number of nitrogens with two attached hydrogens (primary N) is 3. The second-order valence-electron chi connectivity index (χ2n) is 26.2. The Morgan fingerprint density at radius 2 is 0.981 bits per heavy atom. The molecular formula is C80H92F3N17O6. The van der Waals surface area contributed by atoms with Crippen molar-refractivity contribution in [2.45, 2.75) is 156 Å². The van der Waals surface area contributed by atoms with Crippen molar-refractivity contribution in [3.63, 3.8) is 0 Å². The highest BCUT2D eigenvalue weighted by molar-refractivity contribution is 5.75. The number of pyridine rings is 3. The summed E-state index contributed by atoms with van der Waals surface area (Å²) in [4.78, 5) is 64.4. The Bertz CT molecular complexity index is 5170. The molecule has 3 aromatic carbocycles. The molecule has 23 nitrogen and oxygen atoms in total. The van der Waals surface area contributed by atoms with Crippen molar-refractivity contribution in [1.82, 2.24) is 69.7 Å². The molecule has 106 heavy (non-hydrogen) atoms. The molecule has 0 bridgehead atoms. The van der Waals surface area contributed by atoms with Crippen LogP contribution in [0.2, 0.25) is 0 Å². The number of halogens is 3. The van der Waals surface area contributed by atoms with Crippen molar-refractivity contribution in [2.75, 3.05) is 25.2 Å². The first kappa shape index (κ1) is 75.8. The molecule has 0 saturated heterocycles. The molecule has 0 amide bonds. The number of aromatic nitrogens is 12. The predicted octanol–water partition coefficient (Wildman–Crippen LogP) is 15.7. The monoisotopic (exact) mass is 1440 g/mol. The number of alkyl halides is 2. The van der Waals surface area contributed by atoms with Crippen LogP contribution in [0.3, 0.4) is 0 Å². The lowest BCUT2D eigenvalue weighted by Gasteiger charge is -2.17. The normalized spacial score (nSPS) is 13.8. The van der Waals surface area contributed by atoms with Crippen LogP contribution < -0.4 is 44.5 Å². The highest BCUT2D eigenvalue weighted by Crippen LogP contribution is 2.35. The van der Waals surface area contributed by atoms with Crippen LogP contribution in [0.15, 0.2) is 186 Å². The minimum absolute atomic E-state index is 0. The molecule has 2 unspecified atom stereocenters. The van der Waals surface area contributed by atoms with E-state index in [0.29, 0.717) is 106 Å². The van der Waals surface area contributed by atoms with E-state index in [0.717, 1.165) is 83.9 Å². The van der Waals surface area contributed by atoms with E-state index in [2.05, 4.69) is 73.7 Å². The summed E-state index contributed by atoms with van der Waals surface area (Å²) in [5, 5.41) is 18.8. The minimum atomic E-state index is -0.681. The molecule has 26 heteroatoms. The van der Waals surface area contributed by atoms with Crippen molar-refractivity contribution >= 4 is 11.6 Å². The van der Waals surface area contributed by atoms with Gasteiger partial charge < -0.3 is 55.1 Å². The zero-order chi connectivity index (χ0) is 75.1. The second kappa shape index (κ2) is 35.0. The number of aryl methyl sites for hydroxylation is 1. The number of rotatable bonds is 25. The first-order valence-corrected chi connectivity index (χ1v) is 35.8. The number of nitrogens with zero attached hydrogens (tertiary/aromatic N) is 12. The van der Waals surface area contributed by atoms with Crippen molar-refractivity contribution in [1.29, 1.82) is 0 Å². The number of hydrogen-bond donors (Lipinski definition) is 5. The van der Waals surface area contributed by atoms with Crippen LogP contribution in [-0.4, -0.2) is 85.0 Å². The fraction of sp³-hybridized carbons (Fsp3) is 0.325. The van der Waals surface area contributed by atoms with E-state index < -0.39 is 24.7 Å².